The predicted octanol–water partition coefficient (Wildman–Crippen LogP) is 3.78. The average molecular weight is 600 g/mol. The van der Waals surface area contributed by atoms with Gasteiger partial charge in [0.1, 0.15) is 35.9 Å². The third-order valence-corrected chi connectivity index (χ3v) is 8.30. The zero-order valence-electron chi connectivity index (χ0n) is 23.8. The van der Waals surface area contributed by atoms with Crippen molar-refractivity contribution in [1.29, 1.82) is 0 Å². The number of esters is 1. The first-order valence-corrected chi connectivity index (χ1v) is 15.2. The van der Waals surface area contributed by atoms with E-state index in [2.05, 4.69) is 0 Å². The van der Waals surface area contributed by atoms with Gasteiger partial charge in [0.2, 0.25) is 0 Å². The number of amides is 1. The first-order valence-electron chi connectivity index (χ1n) is 13.7. The third kappa shape index (κ3) is 6.93. The maximum Gasteiger partial charge on any atom is 0.326 e. The number of carbonyl (C=O) groups excluding carboxylic acids is 2. The molecule has 224 valence electrons. The number of ether oxygens (including phenoxy) is 3. The Morgan fingerprint density at radius 1 is 1.10 bits per heavy atom. The maximum absolute atomic E-state index is 16.2. The summed E-state index contributed by atoms with van der Waals surface area (Å²) >= 11 is 0. The van der Waals surface area contributed by atoms with Gasteiger partial charge in [-0.25, -0.2) is 13.4 Å². The Morgan fingerprint density at radius 2 is 1.86 bits per heavy atom. The van der Waals surface area contributed by atoms with Gasteiger partial charge in [0.15, 0.2) is 5.82 Å². The van der Waals surface area contributed by atoms with E-state index in [1.807, 2.05) is 60.7 Å². The van der Waals surface area contributed by atoms with Crippen molar-refractivity contribution in [2.45, 2.75) is 39.4 Å². The molecule has 42 heavy (non-hydrogen) atoms. The van der Waals surface area contributed by atoms with Gasteiger partial charge in [-0.05, 0) is 62.9 Å². The highest BCUT2D eigenvalue weighted by Gasteiger charge is 2.38. The summed E-state index contributed by atoms with van der Waals surface area (Å²) in [6.07, 6.45) is 0.838. The summed E-state index contributed by atoms with van der Waals surface area (Å²) in [6.45, 7) is 6.99. The van der Waals surface area contributed by atoms with Crippen LogP contribution in [0.25, 0.3) is 10.8 Å². The molecule has 0 saturated carbocycles. The van der Waals surface area contributed by atoms with Crippen LogP contribution in [0.1, 0.15) is 32.8 Å². The molecule has 2 fully saturated rings. The molecule has 0 aliphatic carbocycles. The van der Waals surface area contributed by atoms with E-state index >= 15 is 4.39 Å². The standard InChI is InChI=1S/C30H34FN3O7S/c1-30(2,3)41-27(36)17-33-12-11-21(15-33)19-39-23-10-9-22-13-25(40-18-20-7-5-4-6-8-20)29(28(31)24(22)14-23)34-16-26(35)32-42(34,37)38/h4-10,13-14,21H,11-12,15-19H2,1-3H3,(H,32,35)/t21-/m0/s1. The Hall–Kier alpha value is -3.90. The first-order chi connectivity index (χ1) is 19.9. The lowest BCUT2D eigenvalue weighted by Gasteiger charge is -2.22. The summed E-state index contributed by atoms with van der Waals surface area (Å²) in [6, 6.07) is 15.7. The number of anilines is 1. The minimum atomic E-state index is -4.30. The fraction of sp³-hybridized carbons (Fsp3) is 0.400. The van der Waals surface area contributed by atoms with E-state index in [9.17, 15) is 18.0 Å². The minimum absolute atomic E-state index is 0.00590. The number of hydrogen-bond acceptors (Lipinski definition) is 8. The summed E-state index contributed by atoms with van der Waals surface area (Å²) in [5.74, 6) is -1.30. The number of benzene rings is 3. The lowest BCUT2D eigenvalue weighted by atomic mass is 10.1. The van der Waals surface area contributed by atoms with E-state index in [-0.39, 0.29) is 41.9 Å². The van der Waals surface area contributed by atoms with Crippen LogP contribution in [0.3, 0.4) is 0 Å². The van der Waals surface area contributed by atoms with Crippen LogP contribution in [0.15, 0.2) is 54.6 Å². The quantitative estimate of drug-likeness (QED) is 0.370. The molecule has 1 amide bonds. The van der Waals surface area contributed by atoms with Crippen molar-refractivity contribution in [3.63, 3.8) is 0 Å². The number of nitrogens with zero attached hydrogens (tertiary/aromatic N) is 2. The van der Waals surface area contributed by atoms with Gasteiger partial charge in [-0.1, -0.05) is 36.4 Å². The molecular weight excluding hydrogens is 565 g/mol. The lowest BCUT2D eigenvalue weighted by molar-refractivity contribution is -0.155. The second-order valence-corrected chi connectivity index (χ2v) is 13.1. The van der Waals surface area contributed by atoms with E-state index < -0.39 is 34.1 Å². The van der Waals surface area contributed by atoms with Gasteiger partial charge < -0.3 is 14.2 Å². The van der Waals surface area contributed by atoms with Crippen molar-refractivity contribution in [3.8, 4) is 11.5 Å². The van der Waals surface area contributed by atoms with Crippen LogP contribution in [0.5, 0.6) is 11.5 Å². The summed E-state index contributed by atoms with van der Waals surface area (Å²) in [5.41, 5.74) is -0.0742. The summed E-state index contributed by atoms with van der Waals surface area (Å²) in [4.78, 5) is 26.2. The van der Waals surface area contributed by atoms with E-state index in [1.54, 1.807) is 18.2 Å². The van der Waals surface area contributed by atoms with Crippen molar-refractivity contribution < 1.29 is 36.6 Å². The zero-order chi connectivity index (χ0) is 30.1. The molecular formula is C30H34FN3O7S. The van der Waals surface area contributed by atoms with E-state index in [0.717, 1.165) is 18.5 Å². The maximum atomic E-state index is 16.2. The smallest absolute Gasteiger partial charge is 0.326 e. The highest BCUT2D eigenvalue weighted by Crippen LogP contribution is 2.40. The molecule has 1 N–H and O–H groups in total. The van der Waals surface area contributed by atoms with Crippen LogP contribution in [0.2, 0.25) is 0 Å². The van der Waals surface area contributed by atoms with Crippen molar-refractivity contribution in [2.75, 3.05) is 37.1 Å². The van der Waals surface area contributed by atoms with Gasteiger partial charge in [0.25, 0.3) is 5.91 Å². The normalized spacial score (nSPS) is 18.7. The molecule has 2 aliphatic rings. The minimum Gasteiger partial charge on any atom is -0.493 e. The Balaban J connectivity index is 1.34. The molecule has 3 aromatic carbocycles. The first kappa shape index (κ1) is 29.6. The molecule has 2 saturated heterocycles. The lowest BCUT2D eigenvalue weighted by Crippen LogP contribution is -2.34. The molecule has 0 spiro atoms. The summed E-state index contributed by atoms with van der Waals surface area (Å²) in [7, 11) is -4.30. The Kier molecular flexibility index (Phi) is 8.29. The molecule has 10 nitrogen and oxygen atoms in total. The van der Waals surface area contributed by atoms with Gasteiger partial charge in [-0.15, -0.1) is 0 Å². The van der Waals surface area contributed by atoms with Crippen LogP contribution in [-0.4, -0.2) is 63.6 Å². The van der Waals surface area contributed by atoms with Crippen LogP contribution in [-0.2, 0) is 31.1 Å². The van der Waals surface area contributed by atoms with Gasteiger partial charge in [0, 0.05) is 17.8 Å². The average Bonchev–Trinajstić information content (AvgIpc) is 3.47. The Labute approximate surface area is 244 Å². The Morgan fingerprint density at radius 3 is 2.55 bits per heavy atom. The van der Waals surface area contributed by atoms with E-state index in [4.69, 9.17) is 14.2 Å². The van der Waals surface area contributed by atoms with Crippen LogP contribution < -0.4 is 18.5 Å². The van der Waals surface area contributed by atoms with Gasteiger partial charge >= 0.3 is 16.2 Å². The number of likely N-dealkylation sites (tertiary alicyclic amines) is 1. The van der Waals surface area contributed by atoms with E-state index in [1.165, 1.54) is 6.07 Å². The SMILES string of the molecule is CC(C)(C)OC(=O)CN1CC[C@H](COc2ccc3cc(OCc4ccccc4)c(N4CC(=O)NS4(=O)=O)c(F)c3c2)C1. The number of fused-ring (bicyclic) bond motifs is 1. The van der Waals surface area contributed by atoms with Crippen molar-refractivity contribution in [1.82, 2.24) is 9.62 Å². The number of halogens is 1. The molecule has 2 heterocycles. The fourth-order valence-corrected chi connectivity index (χ4v) is 6.23. The van der Waals surface area contributed by atoms with E-state index in [0.29, 0.717) is 28.6 Å². The van der Waals surface area contributed by atoms with Gasteiger partial charge in [0.05, 0.1) is 13.2 Å². The molecule has 0 unspecified atom stereocenters. The van der Waals surface area contributed by atoms with Crippen LogP contribution in [0.4, 0.5) is 10.1 Å². The summed E-state index contributed by atoms with van der Waals surface area (Å²) in [5, 5.41) is 0.606. The van der Waals surface area contributed by atoms with Crippen molar-refractivity contribution in [3.05, 3.63) is 66.0 Å². The van der Waals surface area contributed by atoms with Gasteiger partial charge in [-0.2, -0.15) is 8.42 Å². The fourth-order valence-electron chi connectivity index (χ4n) is 5.07. The van der Waals surface area contributed by atoms with Gasteiger partial charge in [-0.3, -0.25) is 14.5 Å². The molecule has 0 aromatic heterocycles. The molecule has 2 aliphatic heterocycles. The molecule has 1 atom stereocenters. The predicted molar refractivity (Wildman–Crippen MR) is 155 cm³/mol. The van der Waals surface area contributed by atoms with Crippen LogP contribution >= 0.6 is 0 Å². The molecule has 0 bridgehead atoms. The topological polar surface area (TPSA) is 114 Å². The molecule has 5 rings (SSSR count). The number of hydrogen-bond donors (Lipinski definition) is 1. The molecule has 3 aromatic rings. The Bertz CT molecular complexity index is 1590. The zero-order valence-corrected chi connectivity index (χ0v) is 24.6. The second-order valence-electron chi connectivity index (χ2n) is 11.5. The molecule has 12 heteroatoms. The second kappa shape index (κ2) is 11.8. The largest absolute Gasteiger partial charge is 0.493 e. The monoisotopic (exact) mass is 599 g/mol. The van der Waals surface area contributed by atoms with Crippen molar-refractivity contribution in [2.24, 2.45) is 5.92 Å². The number of rotatable bonds is 9. The highest BCUT2D eigenvalue weighted by atomic mass is 32.2. The highest BCUT2D eigenvalue weighted by molar-refractivity contribution is 7.92. The van der Waals surface area contributed by atoms with Crippen molar-refractivity contribution >= 4 is 38.5 Å². The number of nitrogens with one attached hydrogen (secondary N) is 1. The van der Waals surface area contributed by atoms with Crippen LogP contribution in [0, 0.1) is 11.7 Å². The molecule has 0 radical (unpaired) electrons. The summed E-state index contributed by atoms with van der Waals surface area (Å²) < 4.78 is 61.4. The third-order valence-electron chi connectivity index (χ3n) is 6.92. The number of carbonyl (C=O) groups is 2.